The Labute approximate surface area is 120 Å². The molecule has 0 saturated heterocycles. The standard InChI is InChI=1S/C12H15BrN6/c1-19(2)9-5-3-4-8(6-9)17-11-10(13)12(18-14)16-7-15-11/h3-7H,14H2,1-2H3,(H2,15,16,17,18). The fourth-order valence-electron chi connectivity index (χ4n) is 1.56. The number of anilines is 4. The van der Waals surface area contributed by atoms with Gasteiger partial charge in [-0.05, 0) is 34.1 Å². The number of nitrogens with zero attached hydrogens (tertiary/aromatic N) is 3. The molecule has 0 amide bonds. The predicted octanol–water partition coefficient (Wildman–Crippen LogP) is 2.33. The van der Waals surface area contributed by atoms with Gasteiger partial charge in [-0.2, -0.15) is 0 Å². The van der Waals surface area contributed by atoms with Gasteiger partial charge in [0.15, 0.2) is 5.82 Å². The lowest BCUT2D eigenvalue weighted by Crippen LogP contribution is -2.11. The van der Waals surface area contributed by atoms with Crippen molar-refractivity contribution >= 4 is 38.9 Å². The molecule has 0 aliphatic heterocycles. The maximum absolute atomic E-state index is 5.37. The maximum atomic E-state index is 5.37. The monoisotopic (exact) mass is 322 g/mol. The number of aromatic nitrogens is 2. The van der Waals surface area contributed by atoms with Gasteiger partial charge in [-0.25, -0.2) is 15.8 Å². The molecule has 100 valence electrons. The van der Waals surface area contributed by atoms with Gasteiger partial charge < -0.3 is 15.6 Å². The number of nitrogens with one attached hydrogen (secondary N) is 2. The van der Waals surface area contributed by atoms with Gasteiger partial charge in [0.05, 0.1) is 0 Å². The minimum Gasteiger partial charge on any atom is -0.378 e. The van der Waals surface area contributed by atoms with E-state index in [1.54, 1.807) is 0 Å². The van der Waals surface area contributed by atoms with Crippen molar-refractivity contribution in [3.8, 4) is 0 Å². The van der Waals surface area contributed by atoms with E-state index < -0.39 is 0 Å². The second-order valence-electron chi connectivity index (χ2n) is 4.10. The first-order chi connectivity index (χ1) is 9.11. The number of hydrogen-bond acceptors (Lipinski definition) is 6. The summed E-state index contributed by atoms with van der Waals surface area (Å²) in [5.74, 6) is 6.55. The molecule has 0 fully saturated rings. The highest BCUT2D eigenvalue weighted by Gasteiger charge is 2.08. The van der Waals surface area contributed by atoms with Crippen molar-refractivity contribution < 1.29 is 0 Å². The van der Waals surface area contributed by atoms with Crippen molar-refractivity contribution in [1.29, 1.82) is 0 Å². The van der Waals surface area contributed by atoms with Gasteiger partial charge >= 0.3 is 0 Å². The molecule has 2 rings (SSSR count). The molecule has 0 bridgehead atoms. The van der Waals surface area contributed by atoms with Gasteiger partial charge in [-0.15, -0.1) is 0 Å². The predicted molar refractivity (Wildman–Crippen MR) is 81.6 cm³/mol. The normalized spacial score (nSPS) is 10.1. The lowest BCUT2D eigenvalue weighted by molar-refractivity contribution is 1.12. The number of rotatable bonds is 4. The van der Waals surface area contributed by atoms with Gasteiger partial charge in [0, 0.05) is 25.5 Å². The smallest absolute Gasteiger partial charge is 0.159 e. The summed E-state index contributed by atoms with van der Waals surface area (Å²) in [5, 5.41) is 3.22. The molecule has 0 aliphatic carbocycles. The average molecular weight is 323 g/mol. The number of benzene rings is 1. The first kappa shape index (κ1) is 13.6. The third-order valence-electron chi connectivity index (χ3n) is 2.55. The Morgan fingerprint density at radius 2 is 1.95 bits per heavy atom. The van der Waals surface area contributed by atoms with Crippen molar-refractivity contribution in [1.82, 2.24) is 9.97 Å². The highest BCUT2D eigenvalue weighted by molar-refractivity contribution is 9.10. The zero-order chi connectivity index (χ0) is 13.8. The zero-order valence-electron chi connectivity index (χ0n) is 10.7. The summed E-state index contributed by atoms with van der Waals surface area (Å²) in [5.41, 5.74) is 4.55. The van der Waals surface area contributed by atoms with Gasteiger partial charge in [-0.3, -0.25) is 0 Å². The Kier molecular flexibility index (Phi) is 4.18. The fourth-order valence-corrected chi connectivity index (χ4v) is 1.97. The molecule has 0 saturated carbocycles. The minimum absolute atomic E-state index is 0.529. The average Bonchev–Trinajstić information content (AvgIpc) is 2.41. The first-order valence-electron chi connectivity index (χ1n) is 5.63. The molecule has 6 nitrogen and oxygen atoms in total. The number of halogens is 1. The van der Waals surface area contributed by atoms with Gasteiger partial charge in [0.1, 0.15) is 16.6 Å². The van der Waals surface area contributed by atoms with Gasteiger partial charge in [-0.1, -0.05) is 6.07 Å². The third-order valence-corrected chi connectivity index (χ3v) is 3.30. The van der Waals surface area contributed by atoms with Gasteiger partial charge in [0.25, 0.3) is 0 Å². The van der Waals surface area contributed by atoms with Crippen molar-refractivity contribution in [3.05, 3.63) is 35.1 Å². The Balaban J connectivity index is 2.28. The van der Waals surface area contributed by atoms with E-state index in [1.165, 1.54) is 6.33 Å². The van der Waals surface area contributed by atoms with Crippen LogP contribution in [0.2, 0.25) is 0 Å². The maximum Gasteiger partial charge on any atom is 0.159 e. The summed E-state index contributed by atoms with van der Waals surface area (Å²) < 4.78 is 0.688. The van der Waals surface area contributed by atoms with Crippen LogP contribution >= 0.6 is 15.9 Å². The summed E-state index contributed by atoms with van der Waals surface area (Å²) in [7, 11) is 3.99. The van der Waals surface area contributed by atoms with E-state index >= 15 is 0 Å². The van der Waals surface area contributed by atoms with Crippen LogP contribution in [0.15, 0.2) is 35.1 Å². The van der Waals surface area contributed by atoms with E-state index in [-0.39, 0.29) is 0 Å². The van der Waals surface area contributed by atoms with Crippen LogP contribution in [0.1, 0.15) is 0 Å². The molecular weight excluding hydrogens is 308 g/mol. The van der Waals surface area contributed by atoms with E-state index in [0.717, 1.165) is 11.4 Å². The van der Waals surface area contributed by atoms with Crippen LogP contribution in [-0.4, -0.2) is 24.1 Å². The van der Waals surface area contributed by atoms with Crippen LogP contribution in [0, 0.1) is 0 Å². The highest BCUT2D eigenvalue weighted by atomic mass is 79.9. The molecule has 1 heterocycles. The summed E-state index contributed by atoms with van der Waals surface area (Å²) in [6.07, 6.45) is 1.44. The molecule has 0 unspecified atom stereocenters. The number of nitrogens with two attached hydrogens (primary N) is 1. The van der Waals surface area contributed by atoms with Crippen LogP contribution in [0.5, 0.6) is 0 Å². The first-order valence-corrected chi connectivity index (χ1v) is 6.42. The van der Waals surface area contributed by atoms with E-state index in [2.05, 4.69) is 36.6 Å². The topological polar surface area (TPSA) is 79.1 Å². The molecule has 7 heteroatoms. The van der Waals surface area contributed by atoms with Crippen LogP contribution in [0.3, 0.4) is 0 Å². The summed E-state index contributed by atoms with van der Waals surface area (Å²) in [6.45, 7) is 0. The minimum atomic E-state index is 0.529. The molecule has 0 aliphatic rings. The molecule has 2 aromatic rings. The third kappa shape index (κ3) is 3.12. The Morgan fingerprint density at radius 3 is 2.63 bits per heavy atom. The van der Waals surface area contributed by atoms with Crippen LogP contribution < -0.4 is 21.5 Å². The van der Waals surface area contributed by atoms with Crippen molar-refractivity contribution in [2.75, 3.05) is 29.7 Å². The van der Waals surface area contributed by atoms with Crippen LogP contribution in [-0.2, 0) is 0 Å². The van der Waals surface area contributed by atoms with Crippen molar-refractivity contribution in [2.45, 2.75) is 0 Å². The molecule has 0 spiro atoms. The van der Waals surface area contributed by atoms with E-state index in [1.807, 2.05) is 43.3 Å². The lowest BCUT2D eigenvalue weighted by Gasteiger charge is -2.15. The van der Waals surface area contributed by atoms with Gasteiger partial charge in [0.2, 0.25) is 0 Å². The lowest BCUT2D eigenvalue weighted by atomic mass is 10.2. The molecule has 1 aromatic carbocycles. The molecule has 0 atom stereocenters. The van der Waals surface area contributed by atoms with E-state index in [4.69, 9.17) is 5.84 Å². The number of nitrogen functional groups attached to an aromatic ring is 1. The fraction of sp³-hybridized carbons (Fsp3) is 0.167. The Morgan fingerprint density at radius 1 is 1.21 bits per heavy atom. The van der Waals surface area contributed by atoms with Crippen molar-refractivity contribution in [2.24, 2.45) is 5.84 Å². The van der Waals surface area contributed by atoms with Crippen LogP contribution in [0.25, 0.3) is 0 Å². The second-order valence-corrected chi connectivity index (χ2v) is 4.89. The Bertz CT molecular complexity index is 572. The molecular formula is C12H15BrN6. The van der Waals surface area contributed by atoms with Crippen molar-refractivity contribution in [3.63, 3.8) is 0 Å². The molecule has 0 radical (unpaired) electrons. The summed E-state index contributed by atoms with van der Waals surface area (Å²) >= 11 is 3.41. The zero-order valence-corrected chi connectivity index (χ0v) is 12.3. The van der Waals surface area contributed by atoms with E-state index in [9.17, 15) is 0 Å². The molecule has 1 aromatic heterocycles. The highest BCUT2D eigenvalue weighted by Crippen LogP contribution is 2.29. The molecule has 19 heavy (non-hydrogen) atoms. The summed E-state index contributed by atoms with van der Waals surface area (Å²) in [6, 6.07) is 8.02. The number of hydrazine groups is 1. The SMILES string of the molecule is CN(C)c1cccc(Nc2ncnc(NN)c2Br)c1. The molecule has 4 N–H and O–H groups in total. The largest absolute Gasteiger partial charge is 0.378 e. The quantitative estimate of drug-likeness (QED) is 0.592. The Hall–Kier alpha value is -1.86. The second kappa shape index (κ2) is 5.85. The van der Waals surface area contributed by atoms with Crippen LogP contribution in [0.4, 0.5) is 23.0 Å². The van der Waals surface area contributed by atoms with E-state index in [0.29, 0.717) is 16.1 Å². The number of hydrogen-bond donors (Lipinski definition) is 3. The summed E-state index contributed by atoms with van der Waals surface area (Å²) in [4.78, 5) is 10.2.